The number of amides is 1. The molecule has 0 aliphatic heterocycles. The van der Waals surface area contributed by atoms with Crippen molar-refractivity contribution in [2.24, 2.45) is 5.41 Å². The fourth-order valence-corrected chi connectivity index (χ4v) is 1.36. The first-order chi connectivity index (χ1) is 6.82. The van der Waals surface area contributed by atoms with Gasteiger partial charge in [0.1, 0.15) is 0 Å². The van der Waals surface area contributed by atoms with Gasteiger partial charge in [0.25, 0.3) is 0 Å². The first-order valence-corrected chi connectivity index (χ1v) is 5.27. The number of para-hydroxylation sites is 1. The summed E-state index contributed by atoms with van der Waals surface area (Å²) in [6.07, 6.45) is 0. The Labute approximate surface area is 95.6 Å². The second-order valence-corrected chi connectivity index (χ2v) is 5.04. The first kappa shape index (κ1) is 12.1. The second kappa shape index (κ2) is 4.23. The Hall–Kier alpha value is -1.02. The third-order valence-electron chi connectivity index (χ3n) is 2.14. The molecule has 0 unspecified atom stereocenters. The van der Waals surface area contributed by atoms with E-state index in [9.17, 15) is 4.79 Å². The van der Waals surface area contributed by atoms with Gasteiger partial charge in [-0.3, -0.25) is 4.79 Å². The standard InChI is InChI=1S/C12H16ClNO/c1-8-6-5-7-9(13)10(8)14-11(15)12(2,3)4/h5-7H,1-4H3,(H,14,15). The largest absolute Gasteiger partial charge is 0.324 e. The molecule has 0 saturated heterocycles. The fourth-order valence-electron chi connectivity index (χ4n) is 1.09. The highest BCUT2D eigenvalue weighted by Crippen LogP contribution is 2.27. The van der Waals surface area contributed by atoms with Crippen molar-refractivity contribution in [3.63, 3.8) is 0 Å². The van der Waals surface area contributed by atoms with Crippen molar-refractivity contribution in [1.82, 2.24) is 0 Å². The molecule has 82 valence electrons. The molecule has 0 spiro atoms. The molecule has 1 rings (SSSR count). The highest BCUT2D eigenvalue weighted by atomic mass is 35.5. The minimum atomic E-state index is -0.411. The molecular formula is C12H16ClNO. The molecule has 1 aromatic carbocycles. The van der Waals surface area contributed by atoms with Crippen LogP contribution in [0.3, 0.4) is 0 Å². The molecule has 0 aliphatic carbocycles. The van der Waals surface area contributed by atoms with E-state index in [2.05, 4.69) is 5.32 Å². The van der Waals surface area contributed by atoms with Crippen LogP contribution in [0.15, 0.2) is 18.2 Å². The van der Waals surface area contributed by atoms with Gasteiger partial charge < -0.3 is 5.32 Å². The van der Waals surface area contributed by atoms with Crippen molar-refractivity contribution in [2.45, 2.75) is 27.7 Å². The van der Waals surface area contributed by atoms with E-state index in [4.69, 9.17) is 11.6 Å². The zero-order chi connectivity index (χ0) is 11.6. The maximum atomic E-state index is 11.8. The summed E-state index contributed by atoms with van der Waals surface area (Å²) in [5.74, 6) is -0.0290. The number of carbonyl (C=O) groups excluding carboxylic acids is 1. The van der Waals surface area contributed by atoms with Crippen molar-refractivity contribution in [3.8, 4) is 0 Å². The molecule has 1 N–H and O–H groups in total. The molecule has 0 heterocycles. The Morgan fingerprint density at radius 3 is 2.40 bits per heavy atom. The molecule has 3 heteroatoms. The number of hydrogen-bond acceptors (Lipinski definition) is 1. The minimum absolute atomic E-state index is 0.0290. The number of hydrogen-bond donors (Lipinski definition) is 1. The van der Waals surface area contributed by atoms with E-state index in [1.54, 1.807) is 6.07 Å². The van der Waals surface area contributed by atoms with Crippen LogP contribution in [-0.4, -0.2) is 5.91 Å². The van der Waals surface area contributed by atoms with Gasteiger partial charge in [-0.15, -0.1) is 0 Å². The van der Waals surface area contributed by atoms with E-state index in [-0.39, 0.29) is 5.91 Å². The van der Waals surface area contributed by atoms with Crippen LogP contribution in [0, 0.1) is 12.3 Å². The third kappa shape index (κ3) is 2.96. The SMILES string of the molecule is Cc1cccc(Cl)c1NC(=O)C(C)(C)C. The van der Waals surface area contributed by atoms with Crippen molar-refractivity contribution < 1.29 is 4.79 Å². The van der Waals surface area contributed by atoms with Gasteiger partial charge in [-0.25, -0.2) is 0 Å². The van der Waals surface area contributed by atoms with Gasteiger partial charge in [0.2, 0.25) is 5.91 Å². The highest BCUT2D eigenvalue weighted by Gasteiger charge is 2.22. The summed E-state index contributed by atoms with van der Waals surface area (Å²) in [4.78, 5) is 11.8. The predicted octanol–water partition coefficient (Wildman–Crippen LogP) is 3.63. The number of nitrogens with one attached hydrogen (secondary N) is 1. The average molecular weight is 226 g/mol. The van der Waals surface area contributed by atoms with E-state index in [1.165, 1.54) is 0 Å². The van der Waals surface area contributed by atoms with Gasteiger partial charge in [-0.1, -0.05) is 44.5 Å². The number of benzene rings is 1. The highest BCUT2D eigenvalue weighted by molar-refractivity contribution is 6.34. The molecule has 0 radical (unpaired) electrons. The summed E-state index contributed by atoms with van der Waals surface area (Å²) in [6.45, 7) is 7.53. The summed E-state index contributed by atoms with van der Waals surface area (Å²) in [7, 11) is 0. The Bertz CT molecular complexity index is 359. The van der Waals surface area contributed by atoms with Gasteiger partial charge in [0, 0.05) is 5.41 Å². The molecule has 15 heavy (non-hydrogen) atoms. The zero-order valence-corrected chi connectivity index (χ0v) is 10.3. The van der Waals surface area contributed by atoms with Crippen LogP contribution in [0.2, 0.25) is 5.02 Å². The molecular weight excluding hydrogens is 210 g/mol. The molecule has 2 nitrogen and oxygen atoms in total. The van der Waals surface area contributed by atoms with E-state index >= 15 is 0 Å². The topological polar surface area (TPSA) is 29.1 Å². The van der Waals surface area contributed by atoms with Gasteiger partial charge in [0.15, 0.2) is 0 Å². The van der Waals surface area contributed by atoms with E-state index < -0.39 is 5.41 Å². The lowest BCUT2D eigenvalue weighted by molar-refractivity contribution is -0.123. The maximum absolute atomic E-state index is 11.8. The van der Waals surface area contributed by atoms with Crippen molar-refractivity contribution in [1.29, 1.82) is 0 Å². The lowest BCUT2D eigenvalue weighted by atomic mass is 9.95. The van der Waals surface area contributed by atoms with Crippen LogP contribution < -0.4 is 5.32 Å². The van der Waals surface area contributed by atoms with Gasteiger partial charge in [-0.05, 0) is 18.6 Å². The second-order valence-electron chi connectivity index (χ2n) is 4.64. The van der Waals surface area contributed by atoms with Crippen LogP contribution >= 0.6 is 11.6 Å². The quantitative estimate of drug-likeness (QED) is 0.777. The van der Waals surface area contributed by atoms with E-state index in [0.29, 0.717) is 10.7 Å². The summed E-state index contributed by atoms with van der Waals surface area (Å²) in [5, 5.41) is 3.42. The molecule has 1 aromatic rings. The summed E-state index contributed by atoms with van der Waals surface area (Å²) >= 11 is 6.01. The predicted molar refractivity (Wildman–Crippen MR) is 64.3 cm³/mol. The van der Waals surface area contributed by atoms with Crippen molar-refractivity contribution >= 4 is 23.2 Å². The number of anilines is 1. The third-order valence-corrected chi connectivity index (χ3v) is 2.46. The lowest BCUT2D eigenvalue weighted by Gasteiger charge is -2.19. The summed E-state index contributed by atoms with van der Waals surface area (Å²) in [5.41, 5.74) is 1.27. The van der Waals surface area contributed by atoms with Crippen molar-refractivity contribution in [3.05, 3.63) is 28.8 Å². The Morgan fingerprint density at radius 2 is 1.93 bits per heavy atom. The van der Waals surface area contributed by atoms with Gasteiger partial charge in [-0.2, -0.15) is 0 Å². The summed E-state index contributed by atoms with van der Waals surface area (Å²) < 4.78 is 0. The number of halogens is 1. The number of rotatable bonds is 1. The molecule has 0 fully saturated rings. The van der Waals surface area contributed by atoms with Crippen LogP contribution in [0.5, 0.6) is 0 Å². The molecule has 0 aromatic heterocycles. The smallest absolute Gasteiger partial charge is 0.229 e. The zero-order valence-electron chi connectivity index (χ0n) is 9.52. The molecule has 0 atom stereocenters. The van der Waals surface area contributed by atoms with Crippen LogP contribution in [-0.2, 0) is 4.79 Å². The Balaban J connectivity index is 2.95. The fraction of sp³-hybridized carbons (Fsp3) is 0.417. The van der Waals surface area contributed by atoms with Crippen molar-refractivity contribution in [2.75, 3.05) is 5.32 Å². The normalized spacial score (nSPS) is 11.3. The van der Waals surface area contributed by atoms with E-state index in [0.717, 1.165) is 5.56 Å². The maximum Gasteiger partial charge on any atom is 0.229 e. The average Bonchev–Trinajstić information content (AvgIpc) is 2.09. The van der Waals surface area contributed by atoms with Crippen LogP contribution in [0.1, 0.15) is 26.3 Å². The number of carbonyl (C=O) groups is 1. The minimum Gasteiger partial charge on any atom is -0.324 e. The molecule has 1 amide bonds. The monoisotopic (exact) mass is 225 g/mol. The Kier molecular flexibility index (Phi) is 3.40. The van der Waals surface area contributed by atoms with Crippen LogP contribution in [0.4, 0.5) is 5.69 Å². The molecule has 0 aliphatic rings. The van der Waals surface area contributed by atoms with E-state index in [1.807, 2.05) is 39.8 Å². The summed E-state index contributed by atoms with van der Waals surface area (Å²) in [6, 6.07) is 5.56. The first-order valence-electron chi connectivity index (χ1n) is 4.89. The Morgan fingerprint density at radius 1 is 1.33 bits per heavy atom. The number of aryl methyl sites for hydroxylation is 1. The van der Waals surface area contributed by atoms with Gasteiger partial charge in [0.05, 0.1) is 10.7 Å². The van der Waals surface area contributed by atoms with Crippen LogP contribution in [0.25, 0.3) is 0 Å². The lowest BCUT2D eigenvalue weighted by Crippen LogP contribution is -2.28. The molecule has 0 saturated carbocycles. The van der Waals surface area contributed by atoms with Gasteiger partial charge >= 0.3 is 0 Å². The molecule has 0 bridgehead atoms.